The van der Waals surface area contributed by atoms with Gasteiger partial charge in [0.25, 0.3) is 0 Å². The van der Waals surface area contributed by atoms with Gasteiger partial charge in [0.1, 0.15) is 5.82 Å². The van der Waals surface area contributed by atoms with Crippen molar-refractivity contribution in [2.24, 2.45) is 5.92 Å². The first kappa shape index (κ1) is 20.3. The second-order valence-corrected chi connectivity index (χ2v) is 7.68. The molecule has 2 N–H and O–H groups in total. The number of hydrogen-bond acceptors (Lipinski definition) is 4. The zero-order valence-electron chi connectivity index (χ0n) is 16.2. The van der Waals surface area contributed by atoms with Crippen LogP contribution >= 0.6 is 11.6 Å². The topological polar surface area (TPSA) is 74.3 Å². The zero-order chi connectivity index (χ0) is 20.1. The van der Waals surface area contributed by atoms with Gasteiger partial charge < -0.3 is 10.6 Å². The lowest BCUT2D eigenvalue weighted by atomic mass is 9.96. The van der Waals surface area contributed by atoms with Crippen LogP contribution in [0.4, 0.5) is 11.5 Å². The first-order valence-electron chi connectivity index (χ1n) is 9.42. The third-order valence-electron chi connectivity index (χ3n) is 5.09. The minimum atomic E-state index is -0.0727. The number of rotatable bonds is 5. The monoisotopic (exact) mass is 400 g/mol. The van der Waals surface area contributed by atoms with E-state index in [0.717, 1.165) is 24.1 Å². The van der Waals surface area contributed by atoms with Crippen molar-refractivity contribution in [2.75, 3.05) is 30.3 Å². The lowest BCUT2D eigenvalue weighted by molar-refractivity contribution is -0.121. The quantitative estimate of drug-likeness (QED) is 0.803. The fourth-order valence-electron chi connectivity index (χ4n) is 3.25. The van der Waals surface area contributed by atoms with Crippen LogP contribution in [0.1, 0.15) is 24.0 Å². The van der Waals surface area contributed by atoms with Crippen molar-refractivity contribution < 1.29 is 9.59 Å². The minimum Gasteiger partial charge on any atom is -0.325 e. The number of nitrogens with zero attached hydrogens (tertiary/aromatic N) is 2. The van der Waals surface area contributed by atoms with Gasteiger partial charge in [-0.3, -0.25) is 14.5 Å². The highest BCUT2D eigenvalue weighted by Crippen LogP contribution is 2.20. The van der Waals surface area contributed by atoms with Crippen molar-refractivity contribution in [3.05, 3.63) is 52.7 Å². The first-order valence-corrected chi connectivity index (χ1v) is 9.80. The van der Waals surface area contributed by atoms with Crippen LogP contribution in [0.15, 0.2) is 36.5 Å². The van der Waals surface area contributed by atoms with Crippen LogP contribution in [0.5, 0.6) is 0 Å². The van der Waals surface area contributed by atoms with Crippen LogP contribution in [-0.2, 0) is 9.59 Å². The molecule has 2 heterocycles. The van der Waals surface area contributed by atoms with Crippen LogP contribution < -0.4 is 10.6 Å². The molecule has 148 valence electrons. The number of benzene rings is 1. The lowest BCUT2D eigenvalue weighted by Gasteiger charge is -2.30. The van der Waals surface area contributed by atoms with Gasteiger partial charge in [-0.25, -0.2) is 4.98 Å². The Kier molecular flexibility index (Phi) is 6.65. The number of halogens is 1. The van der Waals surface area contributed by atoms with Gasteiger partial charge in [-0.1, -0.05) is 17.7 Å². The molecule has 1 aromatic carbocycles. The lowest BCUT2D eigenvalue weighted by Crippen LogP contribution is -2.41. The number of hydrogen-bond donors (Lipinski definition) is 2. The van der Waals surface area contributed by atoms with E-state index in [-0.39, 0.29) is 17.7 Å². The van der Waals surface area contributed by atoms with E-state index in [0.29, 0.717) is 30.5 Å². The highest BCUT2D eigenvalue weighted by Gasteiger charge is 2.26. The molecular weight excluding hydrogens is 376 g/mol. The molecule has 0 unspecified atom stereocenters. The summed E-state index contributed by atoms with van der Waals surface area (Å²) in [6, 6.07) is 9.29. The summed E-state index contributed by atoms with van der Waals surface area (Å²) in [6.07, 6.45) is 2.95. The molecule has 0 saturated carbocycles. The molecule has 1 aromatic heterocycles. The number of carbonyl (C=O) groups is 2. The number of amides is 2. The smallest absolute Gasteiger partial charge is 0.238 e. The Hall–Kier alpha value is -2.44. The highest BCUT2D eigenvalue weighted by atomic mass is 35.5. The maximum Gasteiger partial charge on any atom is 0.238 e. The van der Waals surface area contributed by atoms with Gasteiger partial charge in [0.15, 0.2) is 0 Å². The van der Waals surface area contributed by atoms with E-state index in [9.17, 15) is 9.59 Å². The van der Waals surface area contributed by atoms with Gasteiger partial charge in [-0.15, -0.1) is 0 Å². The zero-order valence-corrected chi connectivity index (χ0v) is 16.9. The van der Waals surface area contributed by atoms with E-state index >= 15 is 0 Å². The van der Waals surface area contributed by atoms with Crippen molar-refractivity contribution >= 4 is 34.9 Å². The third kappa shape index (κ3) is 5.53. The normalized spacial score (nSPS) is 15.2. The highest BCUT2D eigenvalue weighted by molar-refractivity contribution is 6.30. The molecule has 0 radical (unpaired) electrons. The van der Waals surface area contributed by atoms with Crippen LogP contribution in [0, 0.1) is 19.8 Å². The summed E-state index contributed by atoms with van der Waals surface area (Å²) in [5.41, 5.74) is 3.17. The summed E-state index contributed by atoms with van der Waals surface area (Å²) in [4.78, 5) is 30.9. The van der Waals surface area contributed by atoms with Crippen LogP contribution in [0.3, 0.4) is 0 Å². The average molecular weight is 401 g/mol. The molecular formula is C21H25ClN4O2. The molecule has 1 fully saturated rings. The van der Waals surface area contributed by atoms with Crippen molar-refractivity contribution in [3.8, 4) is 0 Å². The fraction of sp³-hybridized carbons (Fsp3) is 0.381. The summed E-state index contributed by atoms with van der Waals surface area (Å²) < 4.78 is 0. The van der Waals surface area contributed by atoms with Gasteiger partial charge >= 0.3 is 0 Å². The fourth-order valence-corrected chi connectivity index (χ4v) is 3.37. The van der Waals surface area contributed by atoms with Gasteiger partial charge in [-0.2, -0.15) is 0 Å². The number of anilines is 2. The van der Waals surface area contributed by atoms with E-state index in [2.05, 4.69) is 20.5 Å². The molecule has 1 aliphatic heterocycles. The molecule has 1 aliphatic rings. The predicted octanol–water partition coefficient (Wildman–Crippen LogP) is 3.64. The molecule has 2 aromatic rings. The number of aryl methyl sites for hydroxylation is 2. The molecule has 28 heavy (non-hydrogen) atoms. The van der Waals surface area contributed by atoms with E-state index in [1.54, 1.807) is 12.1 Å². The van der Waals surface area contributed by atoms with Crippen LogP contribution in [-0.4, -0.2) is 41.3 Å². The van der Waals surface area contributed by atoms with E-state index < -0.39 is 0 Å². The van der Waals surface area contributed by atoms with Crippen molar-refractivity contribution in [3.63, 3.8) is 0 Å². The van der Waals surface area contributed by atoms with Crippen molar-refractivity contribution in [1.29, 1.82) is 0 Å². The van der Waals surface area contributed by atoms with E-state index in [1.807, 2.05) is 32.0 Å². The molecule has 6 nitrogen and oxygen atoms in total. The first-order chi connectivity index (χ1) is 13.4. The van der Waals surface area contributed by atoms with E-state index in [4.69, 9.17) is 11.6 Å². The minimum absolute atomic E-state index is 0.0310. The van der Waals surface area contributed by atoms with E-state index in [1.165, 1.54) is 11.8 Å². The summed E-state index contributed by atoms with van der Waals surface area (Å²) >= 11 is 5.81. The third-order valence-corrected chi connectivity index (χ3v) is 5.32. The van der Waals surface area contributed by atoms with Gasteiger partial charge in [0.05, 0.1) is 11.6 Å². The Morgan fingerprint density at radius 1 is 1.11 bits per heavy atom. The van der Waals surface area contributed by atoms with Crippen molar-refractivity contribution in [2.45, 2.75) is 26.7 Å². The largest absolute Gasteiger partial charge is 0.325 e. The summed E-state index contributed by atoms with van der Waals surface area (Å²) in [5.74, 6) is 0.367. The maximum absolute atomic E-state index is 12.4. The summed E-state index contributed by atoms with van der Waals surface area (Å²) in [6.45, 7) is 5.84. The van der Waals surface area contributed by atoms with Gasteiger partial charge in [0.2, 0.25) is 11.8 Å². The molecule has 2 amide bonds. The number of nitrogens with one attached hydrogen (secondary N) is 2. The molecule has 3 rings (SSSR count). The Morgan fingerprint density at radius 3 is 2.50 bits per heavy atom. The van der Waals surface area contributed by atoms with Gasteiger partial charge in [-0.05, 0) is 75.2 Å². The molecule has 0 aliphatic carbocycles. The number of aromatic nitrogens is 1. The Morgan fingerprint density at radius 2 is 1.86 bits per heavy atom. The molecule has 1 saturated heterocycles. The summed E-state index contributed by atoms with van der Waals surface area (Å²) in [5, 5.41) is 6.31. The number of carbonyl (C=O) groups excluding carboxylic acids is 2. The molecule has 7 heteroatoms. The molecule has 0 atom stereocenters. The summed E-state index contributed by atoms with van der Waals surface area (Å²) in [7, 11) is 0. The van der Waals surface area contributed by atoms with Gasteiger partial charge in [0, 0.05) is 17.8 Å². The molecule has 0 spiro atoms. The Balaban J connectivity index is 1.44. The number of pyridine rings is 1. The van der Waals surface area contributed by atoms with Crippen LogP contribution in [0.25, 0.3) is 0 Å². The Bertz CT molecular complexity index is 846. The maximum atomic E-state index is 12.4. The number of likely N-dealkylation sites (tertiary alicyclic amines) is 1. The Labute approximate surface area is 170 Å². The molecule has 0 bridgehead atoms. The van der Waals surface area contributed by atoms with Crippen LogP contribution in [0.2, 0.25) is 5.02 Å². The standard InChI is InChI=1S/C21H25ClN4O2/c1-14-3-5-18(11-15(14)2)24-20(27)13-26-9-7-16(8-10-26)21(28)25-19-6-4-17(22)12-23-19/h3-6,11-12,16H,7-10,13H2,1-2H3,(H,24,27)(H,23,25,28). The van der Waals surface area contributed by atoms with Crippen molar-refractivity contribution in [1.82, 2.24) is 9.88 Å². The number of piperidine rings is 1. The SMILES string of the molecule is Cc1ccc(NC(=O)CN2CCC(C(=O)Nc3ccc(Cl)cn3)CC2)cc1C. The second-order valence-electron chi connectivity index (χ2n) is 7.25. The predicted molar refractivity (Wildman–Crippen MR) is 112 cm³/mol. The second kappa shape index (κ2) is 9.17. The average Bonchev–Trinajstić information content (AvgIpc) is 2.67.